The summed E-state index contributed by atoms with van der Waals surface area (Å²) >= 11 is 0. The van der Waals surface area contributed by atoms with Crippen LogP contribution in [0.4, 0.5) is 0 Å². The van der Waals surface area contributed by atoms with Gasteiger partial charge in [0.1, 0.15) is 0 Å². The molecule has 0 aliphatic carbocycles. The number of rotatable bonds is 3. The van der Waals surface area contributed by atoms with E-state index in [2.05, 4.69) is 4.72 Å². The van der Waals surface area contributed by atoms with Crippen LogP contribution in [0.5, 0.6) is 0 Å². The Morgan fingerprint density at radius 2 is 1.83 bits per heavy atom. The van der Waals surface area contributed by atoms with E-state index in [4.69, 9.17) is 5.73 Å². The van der Waals surface area contributed by atoms with E-state index in [0.29, 0.717) is 0 Å². The molecule has 18 heavy (non-hydrogen) atoms. The maximum atomic E-state index is 12.1. The van der Waals surface area contributed by atoms with E-state index in [-0.39, 0.29) is 10.9 Å². The molecule has 5 heteroatoms. The Morgan fingerprint density at radius 3 is 2.22 bits per heavy atom. The van der Waals surface area contributed by atoms with Crippen LogP contribution in [0.1, 0.15) is 44.9 Å². The molecule has 4 nitrogen and oxygen atoms in total. The highest BCUT2D eigenvalue weighted by Crippen LogP contribution is 2.20. The van der Waals surface area contributed by atoms with Crippen molar-refractivity contribution < 1.29 is 8.42 Å². The maximum Gasteiger partial charge on any atom is 0.241 e. The number of aryl methyl sites for hydroxylation is 1. The lowest BCUT2D eigenvalue weighted by Gasteiger charge is -2.21. The van der Waals surface area contributed by atoms with Gasteiger partial charge in [0, 0.05) is 11.6 Å². The van der Waals surface area contributed by atoms with Gasteiger partial charge < -0.3 is 5.73 Å². The minimum atomic E-state index is -3.47. The molecule has 1 aromatic rings. The van der Waals surface area contributed by atoms with Gasteiger partial charge in [-0.2, -0.15) is 0 Å². The second-order valence-corrected chi connectivity index (χ2v) is 7.34. The number of nitrogens with one attached hydrogen (secondary N) is 1. The van der Waals surface area contributed by atoms with Gasteiger partial charge in [0.15, 0.2) is 0 Å². The molecule has 0 spiro atoms. The molecule has 1 atom stereocenters. The quantitative estimate of drug-likeness (QED) is 0.883. The number of sulfonamides is 1. The molecule has 0 fully saturated rings. The molecule has 0 aliphatic rings. The Morgan fingerprint density at radius 1 is 1.28 bits per heavy atom. The van der Waals surface area contributed by atoms with Crippen molar-refractivity contribution in [3.63, 3.8) is 0 Å². The molecule has 0 radical (unpaired) electrons. The Bertz CT molecular complexity index is 528. The van der Waals surface area contributed by atoms with Crippen molar-refractivity contribution in [2.45, 2.75) is 51.1 Å². The normalized spacial score (nSPS) is 14.6. The highest BCUT2D eigenvalue weighted by Gasteiger charge is 2.22. The van der Waals surface area contributed by atoms with Crippen molar-refractivity contribution in [1.82, 2.24) is 4.72 Å². The molecular weight excluding hydrogens is 248 g/mol. The summed E-state index contributed by atoms with van der Waals surface area (Å²) in [6.07, 6.45) is 0. The summed E-state index contributed by atoms with van der Waals surface area (Å²) in [7, 11) is -3.47. The lowest BCUT2D eigenvalue weighted by molar-refractivity contribution is 0.491. The Hall–Kier alpha value is -0.910. The fourth-order valence-corrected chi connectivity index (χ4v) is 3.29. The molecule has 0 heterocycles. The Labute approximate surface area is 110 Å². The van der Waals surface area contributed by atoms with Gasteiger partial charge in [0.2, 0.25) is 10.0 Å². The molecule has 0 aliphatic heterocycles. The zero-order valence-corrected chi connectivity index (χ0v) is 12.4. The largest absolute Gasteiger partial charge is 0.324 e. The van der Waals surface area contributed by atoms with Crippen molar-refractivity contribution in [1.29, 1.82) is 0 Å². The first-order chi connectivity index (χ1) is 8.03. The summed E-state index contributed by atoms with van der Waals surface area (Å²) in [6.45, 7) is 9.19. The van der Waals surface area contributed by atoms with Crippen LogP contribution in [0.15, 0.2) is 23.1 Å². The Balaban J connectivity index is 3.16. The van der Waals surface area contributed by atoms with E-state index in [1.165, 1.54) is 0 Å². The van der Waals surface area contributed by atoms with Crippen molar-refractivity contribution in [2.75, 3.05) is 0 Å². The minimum Gasteiger partial charge on any atom is -0.324 e. The molecule has 0 aromatic heterocycles. The van der Waals surface area contributed by atoms with Gasteiger partial charge in [-0.05, 0) is 57.9 Å². The molecular formula is C13H22N2O2S. The van der Waals surface area contributed by atoms with Crippen LogP contribution < -0.4 is 10.5 Å². The third-order valence-corrected chi connectivity index (χ3v) is 4.24. The van der Waals surface area contributed by atoms with Crippen molar-refractivity contribution in [3.8, 4) is 0 Å². The molecule has 0 bridgehead atoms. The average molecular weight is 270 g/mol. The predicted molar refractivity (Wildman–Crippen MR) is 73.9 cm³/mol. The van der Waals surface area contributed by atoms with Crippen LogP contribution in [0, 0.1) is 6.92 Å². The lowest BCUT2D eigenvalue weighted by atomic mass is 10.0. The van der Waals surface area contributed by atoms with Gasteiger partial charge in [-0.15, -0.1) is 0 Å². The first-order valence-corrected chi connectivity index (χ1v) is 7.41. The monoisotopic (exact) mass is 270 g/mol. The van der Waals surface area contributed by atoms with Gasteiger partial charge in [-0.3, -0.25) is 0 Å². The van der Waals surface area contributed by atoms with Crippen LogP contribution >= 0.6 is 0 Å². The molecule has 1 aromatic carbocycles. The van der Waals surface area contributed by atoms with Crippen LogP contribution in [0.25, 0.3) is 0 Å². The fraction of sp³-hybridized carbons (Fsp3) is 0.538. The summed E-state index contributed by atoms with van der Waals surface area (Å²) in [6, 6.07) is 4.93. The predicted octanol–water partition coefficient (Wildman–Crippen LogP) is 2.09. The second kappa shape index (κ2) is 4.99. The van der Waals surface area contributed by atoms with Gasteiger partial charge in [-0.25, -0.2) is 13.1 Å². The number of nitrogens with two attached hydrogens (primary N) is 1. The van der Waals surface area contributed by atoms with Crippen LogP contribution in [-0.4, -0.2) is 14.0 Å². The molecule has 102 valence electrons. The van der Waals surface area contributed by atoms with Crippen LogP contribution in [0.3, 0.4) is 0 Å². The molecule has 1 rings (SSSR count). The van der Waals surface area contributed by atoms with Crippen LogP contribution in [-0.2, 0) is 10.0 Å². The average Bonchev–Trinajstić information content (AvgIpc) is 2.12. The topological polar surface area (TPSA) is 72.2 Å². The molecule has 0 amide bonds. The zero-order chi connectivity index (χ0) is 14.1. The minimum absolute atomic E-state index is 0.0997. The third-order valence-electron chi connectivity index (χ3n) is 2.48. The van der Waals surface area contributed by atoms with E-state index in [1.54, 1.807) is 18.2 Å². The summed E-state index contributed by atoms with van der Waals surface area (Å²) in [5, 5.41) is 0. The number of benzene rings is 1. The van der Waals surface area contributed by atoms with Crippen molar-refractivity contribution in [3.05, 3.63) is 29.3 Å². The zero-order valence-electron chi connectivity index (χ0n) is 11.6. The second-order valence-electron chi connectivity index (χ2n) is 5.66. The summed E-state index contributed by atoms with van der Waals surface area (Å²) in [5.41, 5.74) is 7.17. The van der Waals surface area contributed by atoms with E-state index >= 15 is 0 Å². The molecule has 3 N–H and O–H groups in total. The summed E-state index contributed by atoms with van der Waals surface area (Å²) < 4.78 is 26.9. The van der Waals surface area contributed by atoms with Crippen molar-refractivity contribution >= 4 is 10.0 Å². The number of hydrogen-bond acceptors (Lipinski definition) is 3. The van der Waals surface area contributed by atoms with E-state index < -0.39 is 15.6 Å². The lowest BCUT2D eigenvalue weighted by Crippen LogP contribution is -2.40. The van der Waals surface area contributed by atoms with E-state index in [0.717, 1.165) is 11.1 Å². The fourth-order valence-electron chi connectivity index (χ4n) is 1.79. The van der Waals surface area contributed by atoms with Crippen molar-refractivity contribution in [2.24, 2.45) is 5.73 Å². The SMILES string of the molecule is Cc1cc(S(=O)(=O)NC(C)(C)C)ccc1C(C)N. The number of hydrogen-bond donors (Lipinski definition) is 2. The van der Waals surface area contributed by atoms with E-state index in [9.17, 15) is 8.42 Å². The first-order valence-electron chi connectivity index (χ1n) is 5.93. The first kappa shape index (κ1) is 15.1. The Kier molecular flexibility index (Phi) is 4.20. The van der Waals surface area contributed by atoms with Gasteiger partial charge in [0.25, 0.3) is 0 Å². The maximum absolute atomic E-state index is 12.1. The van der Waals surface area contributed by atoms with Gasteiger partial charge in [0.05, 0.1) is 4.90 Å². The molecule has 0 saturated carbocycles. The van der Waals surface area contributed by atoms with Gasteiger partial charge in [-0.1, -0.05) is 6.07 Å². The highest BCUT2D eigenvalue weighted by atomic mass is 32.2. The smallest absolute Gasteiger partial charge is 0.241 e. The standard InChI is InChI=1S/C13H22N2O2S/c1-9-8-11(6-7-12(9)10(2)14)18(16,17)15-13(3,4)5/h6-8,10,15H,14H2,1-5H3. The summed E-state index contributed by atoms with van der Waals surface area (Å²) in [4.78, 5) is 0.277. The van der Waals surface area contributed by atoms with Gasteiger partial charge >= 0.3 is 0 Å². The molecule has 1 unspecified atom stereocenters. The van der Waals surface area contributed by atoms with Crippen LogP contribution in [0.2, 0.25) is 0 Å². The highest BCUT2D eigenvalue weighted by molar-refractivity contribution is 7.89. The van der Waals surface area contributed by atoms with E-state index in [1.807, 2.05) is 34.6 Å². The summed E-state index contributed by atoms with van der Waals surface area (Å²) in [5.74, 6) is 0. The molecule has 0 saturated heterocycles. The third kappa shape index (κ3) is 3.80.